The zero-order chi connectivity index (χ0) is 15.9. The summed E-state index contributed by atoms with van der Waals surface area (Å²) in [5.41, 5.74) is 4.75. The largest absolute Gasteiger partial charge is 0.491 e. The SMILES string of the molecule is CCc1ncnc(NCCOc2ccc(C)cc2C)c1CC. The third kappa shape index (κ3) is 3.97. The summed E-state index contributed by atoms with van der Waals surface area (Å²) in [6, 6.07) is 6.24. The molecule has 0 aliphatic carbocycles. The maximum absolute atomic E-state index is 5.84. The van der Waals surface area contributed by atoms with Crippen molar-refractivity contribution in [3.8, 4) is 5.75 Å². The summed E-state index contributed by atoms with van der Waals surface area (Å²) in [5.74, 6) is 1.87. The maximum atomic E-state index is 5.84. The molecule has 118 valence electrons. The Hall–Kier alpha value is -2.10. The summed E-state index contributed by atoms with van der Waals surface area (Å²) >= 11 is 0. The van der Waals surface area contributed by atoms with Crippen molar-refractivity contribution < 1.29 is 4.74 Å². The van der Waals surface area contributed by atoms with Crippen molar-refractivity contribution in [1.29, 1.82) is 0 Å². The Bertz CT molecular complexity index is 626. The first kappa shape index (κ1) is 16.3. The molecule has 0 saturated carbocycles. The molecule has 22 heavy (non-hydrogen) atoms. The van der Waals surface area contributed by atoms with Crippen LogP contribution >= 0.6 is 0 Å². The van der Waals surface area contributed by atoms with E-state index in [1.54, 1.807) is 6.33 Å². The summed E-state index contributed by atoms with van der Waals surface area (Å²) in [5, 5.41) is 3.36. The lowest BCUT2D eigenvalue weighted by atomic mass is 10.1. The van der Waals surface area contributed by atoms with E-state index in [9.17, 15) is 0 Å². The Labute approximate surface area is 133 Å². The fourth-order valence-electron chi connectivity index (χ4n) is 2.57. The minimum Gasteiger partial charge on any atom is -0.491 e. The molecule has 0 fully saturated rings. The van der Waals surface area contributed by atoms with E-state index in [0.29, 0.717) is 6.61 Å². The summed E-state index contributed by atoms with van der Waals surface area (Å²) < 4.78 is 5.84. The van der Waals surface area contributed by atoms with Crippen LogP contribution in [0.2, 0.25) is 0 Å². The monoisotopic (exact) mass is 299 g/mol. The van der Waals surface area contributed by atoms with Gasteiger partial charge in [-0.2, -0.15) is 0 Å². The predicted octanol–water partition coefficient (Wildman–Crippen LogP) is 3.71. The number of hydrogen-bond donors (Lipinski definition) is 1. The quantitative estimate of drug-likeness (QED) is 0.792. The van der Waals surface area contributed by atoms with Gasteiger partial charge in [-0.1, -0.05) is 31.5 Å². The van der Waals surface area contributed by atoms with Crippen molar-refractivity contribution in [3.05, 3.63) is 46.9 Å². The van der Waals surface area contributed by atoms with E-state index >= 15 is 0 Å². The van der Waals surface area contributed by atoms with Crippen LogP contribution in [0.15, 0.2) is 24.5 Å². The van der Waals surface area contributed by atoms with E-state index in [0.717, 1.165) is 36.6 Å². The van der Waals surface area contributed by atoms with Gasteiger partial charge in [0, 0.05) is 11.3 Å². The molecule has 1 N–H and O–H groups in total. The smallest absolute Gasteiger partial charge is 0.132 e. The number of aryl methyl sites for hydroxylation is 3. The van der Waals surface area contributed by atoms with Crippen molar-refractivity contribution in [1.82, 2.24) is 9.97 Å². The van der Waals surface area contributed by atoms with Crippen molar-refractivity contribution in [2.45, 2.75) is 40.5 Å². The molecule has 4 nitrogen and oxygen atoms in total. The van der Waals surface area contributed by atoms with Gasteiger partial charge in [0.05, 0.1) is 6.54 Å². The molecule has 0 unspecified atom stereocenters. The lowest BCUT2D eigenvalue weighted by molar-refractivity contribution is 0.330. The molecule has 0 amide bonds. The summed E-state index contributed by atoms with van der Waals surface area (Å²) in [6.07, 6.45) is 3.50. The fraction of sp³-hybridized carbons (Fsp3) is 0.444. The van der Waals surface area contributed by atoms with E-state index in [1.807, 2.05) is 6.07 Å². The molecule has 0 saturated heterocycles. The van der Waals surface area contributed by atoms with E-state index in [1.165, 1.54) is 16.7 Å². The van der Waals surface area contributed by atoms with Gasteiger partial charge < -0.3 is 10.1 Å². The molecule has 0 atom stereocenters. The second-order valence-corrected chi connectivity index (χ2v) is 5.40. The van der Waals surface area contributed by atoms with Crippen LogP contribution in [0.5, 0.6) is 5.75 Å². The molecular formula is C18H25N3O. The van der Waals surface area contributed by atoms with Gasteiger partial charge in [0.2, 0.25) is 0 Å². The molecule has 2 aromatic rings. The Balaban J connectivity index is 1.91. The van der Waals surface area contributed by atoms with Gasteiger partial charge >= 0.3 is 0 Å². The Morgan fingerprint density at radius 1 is 1.09 bits per heavy atom. The average Bonchev–Trinajstić information content (AvgIpc) is 2.52. The molecule has 0 radical (unpaired) electrons. The topological polar surface area (TPSA) is 47.0 Å². The predicted molar refractivity (Wildman–Crippen MR) is 90.7 cm³/mol. The Morgan fingerprint density at radius 2 is 1.91 bits per heavy atom. The summed E-state index contributed by atoms with van der Waals surface area (Å²) in [6.45, 7) is 9.75. The van der Waals surface area contributed by atoms with E-state index in [4.69, 9.17) is 4.74 Å². The number of hydrogen-bond acceptors (Lipinski definition) is 4. The highest BCUT2D eigenvalue weighted by atomic mass is 16.5. The van der Waals surface area contributed by atoms with Gasteiger partial charge in [-0.3, -0.25) is 0 Å². The van der Waals surface area contributed by atoms with Gasteiger partial charge in [0.15, 0.2) is 0 Å². The number of rotatable bonds is 7. The second-order valence-electron chi connectivity index (χ2n) is 5.40. The van der Waals surface area contributed by atoms with Crippen LogP contribution in [0.1, 0.15) is 36.2 Å². The zero-order valence-electron chi connectivity index (χ0n) is 13.9. The highest BCUT2D eigenvalue weighted by Crippen LogP contribution is 2.19. The van der Waals surface area contributed by atoms with Crippen LogP contribution in [0, 0.1) is 13.8 Å². The number of nitrogens with zero attached hydrogens (tertiary/aromatic N) is 2. The average molecular weight is 299 g/mol. The van der Waals surface area contributed by atoms with Crippen LogP contribution in [0.3, 0.4) is 0 Å². The highest BCUT2D eigenvalue weighted by Gasteiger charge is 2.07. The molecule has 1 aromatic carbocycles. The van der Waals surface area contributed by atoms with Gasteiger partial charge in [0.1, 0.15) is 24.5 Å². The number of benzene rings is 1. The van der Waals surface area contributed by atoms with Crippen LogP contribution < -0.4 is 10.1 Å². The lowest BCUT2D eigenvalue weighted by Crippen LogP contribution is -2.15. The van der Waals surface area contributed by atoms with Gasteiger partial charge in [-0.15, -0.1) is 0 Å². The first-order valence-corrected chi connectivity index (χ1v) is 7.92. The van der Waals surface area contributed by atoms with E-state index in [-0.39, 0.29) is 0 Å². The molecule has 0 spiro atoms. The van der Waals surface area contributed by atoms with Crippen molar-refractivity contribution in [3.63, 3.8) is 0 Å². The number of nitrogens with one attached hydrogen (secondary N) is 1. The molecule has 2 rings (SSSR count). The molecule has 1 heterocycles. The van der Waals surface area contributed by atoms with Crippen LogP contribution in [0.4, 0.5) is 5.82 Å². The van der Waals surface area contributed by atoms with Crippen molar-refractivity contribution in [2.75, 3.05) is 18.5 Å². The van der Waals surface area contributed by atoms with Gasteiger partial charge in [0.25, 0.3) is 0 Å². The normalized spacial score (nSPS) is 10.5. The van der Waals surface area contributed by atoms with Crippen LogP contribution in [-0.2, 0) is 12.8 Å². The van der Waals surface area contributed by atoms with Crippen LogP contribution in [-0.4, -0.2) is 23.1 Å². The summed E-state index contributed by atoms with van der Waals surface area (Å²) in [4.78, 5) is 8.70. The maximum Gasteiger partial charge on any atom is 0.132 e. The van der Waals surface area contributed by atoms with Crippen LogP contribution in [0.25, 0.3) is 0 Å². The standard InChI is InChI=1S/C18H25N3O/c1-5-15-16(6-2)20-12-21-18(15)19-9-10-22-17-8-7-13(3)11-14(17)4/h7-8,11-12H,5-6,9-10H2,1-4H3,(H,19,20,21). The highest BCUT2D eigenvalue weighted by molar-refractivity contribution is 5.46. The first-order valence-electron chi connectivity index (χ1n) is 7.92. The number of ether oxygens (including phenoxy) is 1. The van der Waals surface area contributed by atoms with Crippen molar-refractivity contribution >= 4 is 5.82 Å². The van der Waals surface area contributed by atoms with Gasteiger partial charge in [-0.25, -0.2) is 9.97 Å². The van der Waals surface area contributed by atoms with E-state index < -0.39 is 0 Å². The number of anilines is 1. The molecule has 0 bridgehead atoms. The lowest BCUT2D eigenvalue weighted by Gasteiger charge is -2.13. The molecule has 4 heteroatoms. The summed E-state index contributed by atoms with van der Waals surface area (Å²) in [7, 11) is 0. The Kier molecular flexibility index (Phi) is 5.75. The first-order chi connectivity index (χ1) is 10.7. The second kappa shape index (κ2) is 7.78. The Morgan fingerprint density at radius 3 is 2.59 bits per heavy atom. The minimum atomic E-state index is 0.610. The third-order valence-corrected chi connectivity index (χ3v) is 3.71. The molecule has 0 aliphatic rings. The molecular weight excluding hydrogens is 274 g/mol. The zero-order valence-corrected chi connectivity index (χ0v) is 13.9. The molecule has 1 aromatic heterocycles. The van der Waals surface area contributed by atoms with Crippen molar-refractivity contribution in [2.24, 2.45) is 0 Å². The molecule has 0 aliphatic heterocycles. The van der Waals surface area contributed by atoms with E-state index in [2.05, 4.69) is 55.1 Å². The number of aromatic nitrogens is 2. The fourth-order valence-corrected chi connectivity index (χ4v) is 2.57. The third-order valence-electron chi connectivity index (χ3n) is 3.71. The minimum absolute atomic E-state index is 0.610. The van der Waals surface area contributed by atoms with Gasteiger partial charge in [-0.05, 0) is 38.3 Å².